The molecule has 0 aliphatic carbocycles. The second kappa shape index (κ2) is 44.4. The molecule has 0 radical (unpaired) electrons. The Morgan fingerprint density at radius 1 is 0.544 bits per heavy atom. The second-order valence-electron chi connectivity index (χ2n) is 15.8. The highest BCUT2D eigenvalue weighted by Crippen LogP contribution is 2.17. The van der Waals surface area contributed by atoms with Gasteiger partial charge in [-0.2, -0.15) is 0 Å². The van der Waals surface area contributed by atoms with Crippen LogP contribution >= 0.6 is 0 Å². The van der Waals surface area contributed by atoms with E-state index in [1.54, 1.807) is 0 Å². The summed E-state index contributed by atoms with van der Waals surface area (Å²) in [5.74, 6) is -0.542. The number of carbonyl (C=O) groups excluding carboxylic acids is 2. The van der Waals surface area contributed by atoms with E-state index in [-0.39, 0.29) is 24.9 Å². The van der Waals surface area contributed by atoms with Crippen LogP contribution in [0.3, 0.4) is 0 Å². The summed E-state index contributed by atoms with van der Waals surface area (Å²) in [4.78, 5) is 26.0. The number of carbonyl (C=O) groups is 2. The van der Waals surface area contributed by atoms with Crippen molar-refractivity contribution in [3.05, 3.63) is 72.9 Å². The molecule has 6 heteroatoms. The minimum atomic E-state index is -0.803. The largest absolute Gasteiger partial charge is 0.462 e. The first-order valence-electron chi connectivity index (χ1n) is 23.7. The third kappa shape index (κ3) is 39.9. The van der Waals surface area contributed by atoms with Crippen LogP contribution in [0.15, 0.2) is 72.9 Å². The first kappa shape index (κ1) is 54.3. The molecule has 3 unspecified atom stereocenters. The average Bonchev–Trinajstić information content (AvgIpc) is 3.20. The van der Waals surface area contributed by atoms with E-state index in [1.807, 2.05) is 0 Å². The summed E-state index contributed by atoms with van der Waals surface area (Å²) in [6.45, 7) is 6.20. The minimum absolute atomic E-state index is 0.0401. The quantitative estimate of drug-likeness (QED) is 0.0248. The summed E-state index contributed by atoms with van der Waals surface area (Å²) in [6.07, 6.45) is 55.3. The molecule has 0 rings (SSSR count). The van der Waals surface area contributed by atoms with E-state index < -0.39 is 18.2 Å². The number of aliphatic hydroxyl groups is 2. The lowest BCUT2D eigenvalue weighted by atomic mass is 10.0. The summed E-state index contributed by atoms with van der Waals surface area (Å²) < 4.78 is 5.88. The number of unbranched alkanes of at least 4 members (excludes halogenated alkanes) is 19. The number of aliphatic hydroxyl groups excluding tert-OH is 2. The maximum absolute atomic E-state index is 13.1. The summed E-state index contributed by atoms with van der Waals surface area (Å²) in [6, 6.07) is -0.720. The van der Waals surface area contributed by atoms with Gasteiger partial charge in [-0.3, -0.25) is 9.59 Å². The Balaban J connectivity index is 4.66. The highest BCUT2D eigenvalue weighted by molar-refractivity contribution is 5.77. The Morgan fingerprint density at radius 3 is 1.65 bits per heavy atom. The topological polar surface area (TPSA) is 95.9 Å². The predicted octanol–water partition coefficient (Wildman–Crippen LogP) is 13.8. The van der Waals surface area contributed by atoms with Crippen LogP contribution in [0.1, 0.15) is 213 Å². The molecule has 0 aliphatic heterocycles. The normalized spacial score (nSPS) is 14.0. The zero-order valence-corrected chi connectivity index (χ0v) is 37.2. The van der Waals surface area contributed by atoms with Crippen LogP contribution in [0.2, 0.25) is 0 Å². The van der Waals surface area contributed by atoms with Crippen molar-refractivity contribution in [2.75, 3.05) is 6.61 Å². The molecule has 0 aromatic heterocycles. The molecule has 0 aromatic rings. The number of esters is 1. The molecule has 1 amide bonds. The number of amides is 1. The molecule has 6 nitrogen and oxygen atoms in total. The van der Waals surface area contributed by atoms with E-state index in [0.717, 1.165) is 103 Å². The number of allylic oxidation sites excluding steroid dienone is 12. The standard InChI is InChI=1S/C51H89NO5/c1-4-7-10-13-16-19-22-25-28-31-34-37-40-43-49(54)48(46-53)52-50(55)45-47(42-39-36-33-30-27-24-21-18-15-12-9-6-3)57-51(56)44-41-38-35-32-29-26-23-20-17-14-11-8-5-2/h8-9,11-12,14,17-18,20-21,23,27,30,47-49,53-54H,4-7,10,13,15-16,19,22,24-26,28-29,31-46H2,1-3H3,(H,52,55)/b11-8+,12-9+,17-14+,21-18+,23-20-,30-27+. The van der Waals surface area contributed by atoms with E-state index in [4.69, 9.17) is 4.74 Å². The highest BCUT2D eigenvalue weighted by atomic mass is 16.5. The summed E-state index contributed by atoms with van der Waals surface area (Å²) >= 11 is 0. The van der Waals surface area contributed by atoms with Gasteiger partial charge in [0, 0.05) is 6.42 Å². The van der Waals surface area contributed by atoms with Gasteiger partial charge in [0.2, 0.25) is 5.91 Å². The Labute approximate surface area is 351 Å². The van der Waals surface area contributed by atoms with E-state index in [1.165, 1.54) is 64.2 Å². The van der Waals surface area contributed by atoms with E-state index in [0.29, 0.717) is 19.3 Å². The van der Waals surface area contributed by atoms with E-state index >= 15 is 0 Å². The third-order valence-electron chi connectivity index (χ3n) is 10.3. The van der Waals surface area contributed by atoms with Gasteiger partial charge in [0.1, 0.15) is 6.10 Å². The Morgan fingerprint density at radius 2 is 1.04 bits per heavy atom. The smallest absolute Gasteiger partial charge is 0.306 e. The fourth-order valence-electron chi connectivity index (χ4n) is 6.80. The molecule has 0 heterocycles. The number of nitrogens with one attached hydrogen (secondary N) is 1. The Kier molecular flexibility index (Phi) is 42.3. The molecule has 0 saturated heterocycles. The molecule has 0 aromatic carbocycles. The number of rotatable bonds is 41. The number of hydrogen-bond acceptors (Lipinski definition) is 5. The molecule has 0 aliphatic rings. The van der Waals surface area contributed by atoms with E-state index in [2.05, 4.69) is 99.0 Å². The zero-order chi connectivity index (χ0) is 41.7. The zero-order valence-electron chi connectivity index (χ0n) is 37.2. The van der Waals surface area contributed by atoms with Gasteiger partial charge in [-0.1, -0.05) is 196 Å². The van der Waals surface area contributed by atoms with Crippen molar-refractivity contribution < 1.29 is 24.5 Å². The van der Waals surface area contributed by atoms with Crippen molar-refractivity contribution in [3.63, 3.8) is 0 Å². The third-order valence-corrected chi connectivity index (χ3v) is 10.3. The number of hydrogen-bond donors (Lipinski definition) is 3. The summed E-state index contributed by atoms with van der Waals surface area (Å²) in [5.41, 5.74) is 0. The maximum Gasteiger partial charge on any atom is 0.306 e. The van der Waals surface area contributed by atoms with Crippen LogP contribution in [0.4, 0.5) is 0 Å². The lowest BCUT2D eigenvalue weighted by molar-refractivity contribution is -0.151. The first-order chi connectivity index (χ1) is 28.0. The molecular weight excluding hydrogens is 707 g/mol. The van der Waals surface area contributed by atoms with Crippen molar-refractivity contribution in [2.24, 2.45) is 0 Å². The lowest BCUT2D eigenvalue weighted by Crippen LogP contribution is -2.46. The van der Waals surface area contributed by atoms with Crippen molar-refractivity contribution in [3.8, 4) is 0 Å². The van der Waals surface area contributed by atoms with Crippen LogP contribution < -0.4 is 5.32 Å². The van der Waals surface area contributed by atoms with Crippen LogP contribution in [0.5, 0.6) is 0 Å². The summed E-state index contributed by atoms with van der Waals surface area (Å²) in [5, 5.41) is 23.7. The van der Waals surface area contributed by atoms with Crippen LogP contribution in [-0.2, 0) is 14.3 Å². The molecule has 3 atom stereocenters. The van der Waals surface area contributed by atoms with Crippen LogP contribution in [0, 0.1) is 0 Å². The highest BCUT2D eigenvalue weighted by Gasteiger charge is 2.24. The second-order valence-corrected chi connectivity index (χ2v) is 15.8. The van der Waals surface area contributed by atoms with Gasteiger partial charge in [0.15, 0.2) is 0 Å². The molecule has 328 valence electrons. The van der Waals surface area contributed by atoms with Gasteiger partial charge in [0.25, 0.3) is 0 Å². The van der Waals surface area contributed by atoms with Crippen molar-refractivity contribution in [1.82, 2.24) is 5.32 Å². The summed E-state index contributed by atoms with van der Waals surface area (Å²) in [7, 11) is 0. The maximum atomic E-state index is 13.1. The molecule has 0 spiro atoms. The monoisotopic (exact) mass is 796 g/mol. The molecule has 0 fully saturated rings. The SMILES string of the molecule is CC/C=C/C=C/C=C\CCCCCCCC(=O)OC(CCCC/C=C/C/C=C/C/C=C/CC)CC(=O)NC(CO)C(O)CCCCCCCCCCCCCCC. The Hall–Kier alpha value is -2.70. The fourth-order valence-corrected chi connectivity index (χ4v) is 6.80. The lowest BCUT2D eigenvalue weighted by Gasteiger charge is -2.24. The van der Waals surface area contributed by atoms with Gasteiger partial charge in [-0.25, -0.2) is 0 Å². The van der Waals surface area contributed by atoms with Crippen LogP contribution in [0.25, 0.3) is 0 Å². The predicted molar refractivity (Wildman–Crippen MR) is 245 cm³/mol. The Bertz CT molecular complexity index is 1070. The minimum Gasteiger partial charge on any atom is -0.462 e. The first-order valence-corrected chi connectivity index (χ1v) is 23.7. The van der Waals surface area contributed by atoms with Gasteiger partial charge in [-0.05, 0) is 77.0 Å². The molecule has 0 saturated carbocycles. The van der Waals surface area contributed by atoms with Gasteiger partial charge in [0.05, 0.1) is 25.2 Å². The molecular formula is C51H89NO5. The molecule has 3 N–H and O–H groups in total. The van der Waals surface area contributed by atoms with Crippen molar-refractivity contribution >= 4 is 11.9 Å². The van der Waals surface area contributed by atoms with Gasteiger partial charge in [-0.15, -0.1) is 0 Å². The molecule has 0 bridgehead atoms. The van der Waals surface area contributed by atoms with Crippen molar-refractivity contribution in [1.29, 1.82) is 0 Å². The van der Waals surface area contributed by atoms with Crippen LogP contribution in [-0.4, -0.2) is 46.9 Å². The van der Waals surface area contributed by atoms with E-state index in [9.17, 15) is 19.8 Å². The van der Waals surface area contributed by atoms with Gasteiger partial charge >= 0.3 is 5.97 Å². The van der Waals surface area contributed by atoms with Crippen molar-refractivity contribution in [2.45, 2.75) is 232 Å². The number of ether oxygens (including phenoxy) is 1. The van der Waals surface area contributed by atoms with Gasteiger partial charge < -0.3 is 20.3 Å². The molecule has 57 heavy (non-hydrogen) atoms. The fraction of sp³-hybridized carbons (Fsp3) is 0.725. The average molecular weight is 796 g/mol.